The molecule has 5 heteroatoms. The van der Waals surface area contributed by atoms with Crippen LogP contribution in [0.2, 0.25) is 0 Å². The fourth-order valence-corrected chi connectivity index (χ4v) is 1.75. The van der Waals surface area contributed by atoms with Crippen molar-refractivity contribution in [3.05, 3.63) is 23.8 Å². The van der Waals surface area contributed by atoms with E-state index in [4.69, 9.17) is 14.6 Å². The predicted molar refractivity (Wildman–Crippen MR) is 68.6 cm³/mol. The quantitative estimate of drug-likeness (QED) is 0.844. The number of hydrogen-bond donors (Lipinski definition) is 2. The summed E-state index contributed by atoms with van der Waals surface area (Å²) in [5, 5.41) is 11.1. The highest BCUT2D eigenvalue weighted by Crippen LogP contribution is 2.33. The second kappa shape index (κ2) is 5.62. The number of ether oxygens (including phenoxy) is 2. The van der Waals surface area contributed by atoms with Gasteiger partial charge in [-0.2, -0.15) is 0 Å². The molecule has 1 aromatic rings. The van der Waals surface area contributed by atoms with Crippen LogP contribution >= 0.6 is 0 Å². The van der Waals surface area contributed by atoms with Crippen molar-refractivity contribution < 1.29 is 19.4 Å². The Morgan fingerprint density at radius 3 is 2.50 bits per heavy atom. The SMILES string of the molecule is COc1ccc(C(C)(C)CNC(=O)O)c(OC)c1. The lowest BCUT2D eigenvalue weighted by Crippen LogP contribution is -2.36. The molecule has 0 atom stereocenters. The molecular formula is C13H19NO4. The Labute approximate surface area is 107 Å². The van der Waals surface area contributed by atoms with Crippen LogP contribution in [0.25, 0.3) is 0 Å². The molecule has 0 unspecified atom stereocenters. The molecule has 0 spiro atoms. The van der Waals surface area contributed by atoms with Gasteiger partial charge >= 0.3 is 6.09 Å². The molecule has 0 saturated carbocycles. The second-order valence-corrected chi connectivity index (χ2v) is 4.61. The largest absolute Gasteiger partial charge is 0.497 e. The van der Waals surface area contributed by atoms with Crippen molar-refractivity contribution in [3.8, 4) is 11.5 Å². The van der Waals surface area contributed by atoms with Crippen molar-refractivity contribution >= 4 is 6.09 Å². The van der Waals surface area contributed by atoms with Crippen LogP contribution in [0.1, 0.15) is 19.4 Å². The molecule has 0 saturated heterocycles. The maximum Gasteiger partial charge on any atom is 0.404 e. The summed E-state index contributed by atoms with van der Waals surface area (Å²) in [7, 11) is 3.17. The average molecular weight is 253 g/mol. The average Bonchev–Trinajstić information content (AvgIpc) is 2.35. The summed E-state index contributed by atoms with van der Waals surface area (Å²) in [6.45, 7) is 4.21. The van der Waals surface area contributed by atoms with E-state index >= 15 is 0 Å². The zero-order valence-corrected chi connectivity index (χ0v) is 11.1. The van der Waals surface area contributed by atoms with Crippen molar-refractivity contribution in [2.24, 2.45) is 0 Å². The van der Waals surface area contributed by atoms with Crippen LogP contribution in [-0.4, -0.2) is 32.0 Å². The van der Waals surface area contributed by atoms with Crippen molar-refractivity contribution in [3.63, 3.8) is 0 Å². The number of amides is 1. The Kier molecular flexibility index (Phi) is 4.42. The summed E-state index contributed by atoms with van der Waals surface area (Å²) >= 11 is 0. The molecule has 0 fully saturated rings. The van der Waals surface area contributed by atoms with Gasteiger partial charge in [0.15, 0.2) is 0 Å². The molecule has 0 heterocycles. The smallest absolute Gasteiger partial charge is 0.404 e. The molecule has 0 aliphatic heterocycles. The highest BCUT2D eigenvalue weighted by molar-refractivity contribution is 5.64. The van der Waals surface area contributed by atoms with Gasteiger partial charge in [0, 0.05) is 23.6 Å². The molecule has 0 bridgehead atoms. The predicted octanol–water partition coefficient (Wildman–Crippen LogP) is 2.25. The van der Waals surface area contributed by atoms with E-state index in [1.165, 1.54) is 0 Å². The van der Waals surface area contributed by atoms with Gasteiger partial charge in [-0.3, -0.25) is 0 Å². The third-order valence-corrected chi connectivity index (χ3v) is 2.82. The molecule has 2 N–H and O–H groups in total. The Hall–Kier alpha value is -1.91. The minimum atomic E-state index is -1.03. The normalized spacial score (nSPS) is 10.9. The summed E-state index contributed by atoms with van der Waals surface area (Å²) < 4.78 is 10.5. The Balaban J connectivity index is 3.02. The molecule has 5 nitrogen and oxygen atoms in total. The minimum Gasteiger partial charge on any atom is -0.497 e. The Morgan fingerprint density at radius 2 is 2.00 bits per heavy atom. The van der Waals surface area contributed by atoms with E-state index in [-0.39, 0.29) is 5.41 Å². The molecule has 0 radical (unpaired) electrons. The fraction of sp³-hybridized carbons (Fsp3) is 0.462. The van der Waals surface area contributed by atoms with Crippen LogP contribution in [0, 0.1) is 0 Å². The van der Waals surface area contributed by atoms with E-state index in [9.17, 15) is 4.79 Å². The fourth-order valence-electron chi connectivity index (χ4n) is 1.75. The van der Waals surface area contributed by atoms with E-state index in [0.29, 0.717) is 18.0 Å². The van der Waals surface area contributed by atoms with Crippen molar-refractivity contribution in [1.29, 1.82) is 0 Å². The number of rotatable bonds is 5. The van der Waals surface area contributed by atoms with Crippen LogP contribution < -0.4 is 14.8 Å². The summed E-state index contributed by atoms with van der Waals surface area (Å²) in [6, 6.07) is 5.51. The molecule has 1 rings (SSSR count). The van der Waals surface area contributed by atoms with Gasteiger partial charge in [0.2, 0.25) is 0 Å². The minimum absolute atomic E-state index is 0.311. The van der Waals surface area contributed by atoms with E-state index in [2.05, 4.69) is 5.32 Å². The Morgan fingerprint density at radius 1 is 1.33 bits per heavy atom. The molecule has 0 aliphatic rings. The topological polar surface area (TPSA) is 67.8 Å². The van der Waals surface area contributed by atoms with Crippen molar-refractivity contribution in [1.82, 2.24) is 5.32 Å². The van der Waals surface area contributed by atoms with Crippen LogP contribution in [0.3, 0.4) is 0 Å². The number of hydrogen-bond acceptors (Lipinski definition) is 3. The zero-order chi connectivity index (χ0) is 13.8. The number of nitrogens with one attached hydrogen (secondary N) is 1. The number of methoxy groups -OCH3 is 2. The first-order chi connectivity index (χ1) is 8.40. The monoisotopic (exact) mass is 253 g/mol. The highest BCUT2D eigenvalue weighted by Gasteiger charge is 2.25. The van der Waals surface area contributed by atoms with E-state index in [1.54, 1.807) is 20.3 Å². The molecule has 1 aromatic carbocycles. The summed E-state index contributed by atoms with van der Waals surface area (Å²) in [4.78, 5) is 10.6. The molecule has 0 aliphatic carbocycles. The molecule has 1 amide bonds. The second-order valence-electron chi connectivity index (χ2n) is 4.61. The lowest BCUT2D eigenvalue weighted by molar-refractivity contribution is 0.191. The molecular weight excluding hydrogens is 234 g/mol. The molecule has 0 aromatic heterocycles. The lowest BCUT2D eigenvalue weighted by Gasteiger charge is -2.27. The van der Waals surface area contributed by atoms with Crippen molar-refractivity contribution in [2.45, 2.75) is 19.3 Å². The van der Waals surface area contributed by atoms with E-state index in [0.717, 1.165) is 5.56 Å². The maximum atomic E-state index is 10.6. The van der Waals surface area contributed by atoms with Gasteiger partial charge in [-0.05, 0) is 6.07 Å². The standard InChI is InChI=1S/C13H19NO4/c1-13(2,8-14-12(15)16)10-6-5-9(17-3)7-11(10)18-4/h5-7,14H,8H2,1-4H3,(H,15,16). The van der Waals surface area contributed by atoms with Crippen LogP contribution in [0.15, 0.2) is 18.2 Å². The van der Waals surface area contributed by atoms with Crippen LogP contribution in [0.4, 0.5) is 4.79 Å². The van der Waals surface area contributed by atoms with Gasteiger partial charge < -0.3 is 19.9 Å². The van der Waals surface area contributed by atoms with Gasteiger partial charge in [0.1, 0.15) is 11.5 Å². The number of carbonyl (C=O) groups is 1. The van der Waals surface area contributed by atoms with Gasteiger partial charge in [0.05, 0.1) is 14.2 Å². The molecule has 100 valence electrons. The van der Waals surface area contributed by atoms with Crippen molar-refractivity contribution in [2.75, 3.05) is 20.8 Å². The number of carboxylic acid groups (broad SMARTS) is 1. The molecule has 18 heavy (non-hydrogen) atoms. The zero-order valence-electron chi connectivity index (χ0n) is 11.1. The summed E-state index contributed by atoms with van der Waals surface area (Å²) in [5.74, 6) is 1.39. The van der Waals surface area contributed by atoms with Gasteiger partial charge in [-0.15, -0.1) is 0 Å². The number of benzene rings is 1. The first-order valence-electron chi connectivity index (χ1n) is 5.60. The van der Waals surface area contributed by atoms with E-state index < -0.39 is 6.09 Å². The first kappa shape index (κ1) is 14.2. The van der Waals surface area contributed by atoms with Gasteiger partial charge in [-0.25, -0.2) is 4.79 Å². The van der Waals surface area contributed by atoms with E-state index in [1.807, 2.05) is 26.0 Å². The van der Waals surface area contributed by atoms with Gasteiger partial charge in [-0.1, -0.05) is 19.9 Å². The third kappa shape index (κ3) is 3.29. The Bertz CT molecular complexity index is 429. The summed E-state index contributed by atoms with van der Waals surface area (Å²) in [6.07, 6.45) is -1.03. The first-order valence-corrected chi connectivity index (χ1v) is 5.60. The highest BCUT2D eigenvalue weighted by atomic mass is 16.5. The third-order valence-electron chi connectivity index (χ3n) is 2.82. The maximum absolute atomic E-state index is 10.6. The van der Waals surface area contributed by atoms with Gasteiger partial charge in [0.25, 0.3) is 0 Å². The summed E-state index contributed by atoms with van der Waals surface area (Å²) in [5.41, 5.74) is 0.565. The van der Waals surface area contributed by atoms with Crippen LogP contribution in [0.5, 0.6) is 11.5 Å². The lowest BCUT2D eigenvalue weighted by atomic mass is 9.84. The van der Waals surface area contributed by atoms with Crippen LogP contribution in [-0.2, 0) is 5.41 Å².